The minimum Gasteiger partial charge on any atom is -0.433 e. The summed E-state index contributed by atoms with van der Waals surface area (Å²) in [4.78, 5) is 0. The Morgan fingerprint density at radius 1 is 1.36 bits per heavy atom. The molecule has 0 saturated heterocycles. The molecule has 0 unspecified atom stereocenters. The molecule has 0 fully saturated rings. The van der Waals surface area contributed by atoms with Crippen LogP contribution in [0.3, 0.4) is 0 Å². The average Bonchev–Trinajstić information content (AvgIpc) is 2.06. The van der Waals surface area contributed by atoms with E-state index in [0.29, 0.717) is 18.9 Å². The third-order valence-corrected chi connectivity index (χ3v) is 1.70. The minimum atomic E-state index is -3.23. The molecule has 0 bridgehead atoms. The number of benzene rings is 1. The van der Waals surface area contributed by atoms with Crippen LogP contribution in [0.5, 0.6) is 5.75 Å². The molecule has 4 heteroatoms. The van der Waals surface area contributed by atoms with Crippen molar-refractivity contribution in [1.82, 2.24) is 0 Å². The van der Waals surface area contributed by atoms with Gasteiger partial charge in [-0.2, -0.15) is 8.78 Å². The average molecular weight is 204 g/mol. The van der Waals surface area contributed by atoms with E-state index in [1.165, 1.54) is 12.1 Å². The molecule has 1 aromatic carbocycles. The van der Waals surface area contributed by atoms with Crippen LogP contribution in [0.2, 0.25) is 0 Å². The highest BCUT2D eigenvalue weighted by Crippen LogP contribution is 2.23. The molecule has 0 radical (unpaired) electrons. The second-order valence-corrected chi connectivity index (χ2v) is 3.02. The number of alkyl halides is 2. The summed E-state index contributed by atoms with van der Waals surface area (Å²) < 4.78 is 42.1. The summed E-state index contributed by atoms with van der Waals surface area (Å²) in [6.07, 6.45) is -2.79. The fraction of sp³-hybridized carbons (Fsp3) is 0.400. The normalized spacial score (nSPS) is 11.5. The lowest BCUT2D eigenvalue weighted by atomic mass is 10.1. The molecule has 1 nitrogen and oxygen atoms in total. The van der Waals surface area contributed by atoms with E-state index in [0.717, 1.165) is 6.07 Å². The SMILES string of the molecule is CCc1cc(OC(C)(F)F)ccc1F. The molecule has 0 aromatic heterocycles. The van der Waals surface area contributed by atoms with Gasteiger partial charge in [0.25, 0.3) is 0 Å². The topological polar surface area (TPSA) is 9.23 Å². The summed E-state index contributed by atoms with van der Waals surface area (Å²) in [5.74, 6) is -0.421. The number of hydrogen-bond acceptors (Lipinski definition) is 1. The molecule has 0 spiro atoms. The van der Waals surface area contributed by atoms with Gasteiger partial charge >= 0.3 is 6.11 Å². The first-order valence-electron chi connectivity index (χ1n) is 4.27. The van der Waals surface area contributed by atoms with Crippen LogP contribution in [0.15, 0.2) is 18.2 Å². The van der Waals surface area contributed by atoms with Crippen LogP contribution in [-0.2, 0) is 6.42 Å². The van der Waals surface area contributed by atoms with Gasteiger partial charge in [0.05, 0.1) is 0 Å². The van der Waals surface area contributed by atoms with Crippen molar-refractivity contribution >= 4 is 0 Å². The Morgan fingerprint density at radius 3 is 2.50 bits per heavy atom. The lowest BCUT2D eigenvalue weighted by Crippen LogP contribution is -2.19. The van der Waals surface area contributed by atoms with Gasteiger partial charge in [-0.1, -0.05) is 6.92 Å². The van der Waals surface area contributed by atoms with Gasteiger partial charge in [0.1, 0.15) is 11.6 Å². The van der Waals surface area contributed by atoms with Gasteiger partial charge in [-0.3, -0.25) is 0 Å². The fourth-order valence-electron chi connectivity index (χ4n) is 1.09. The summed E-state index contributed by atoms with van der Waals surface area (Å²) in [7, 11) is 0. The van der Waals surface area contributed by atoms with Crippen molar-refractivity contribution in [2.75, 3.05) is 0 Å². The first-order chi connectivity index (χ1) is 6.42. The summed E-state index contributed by atoms with van der Waals surface area (Å²) in [5, 5.41) is 0. The quantitative estimate of drug-likeness (QED) is 0.733. The maximum Gasteiger partial charge on any atom is 0.394 e. The third kappa shape index (κ3) is 2.94. The van der Waals surface area contributed by atoms with Crippen molar-refractivity contribution < 1.29 is 17.9 Å². The monoisotopic (exact) mass is 204 g/mol. The molecule has 1 rings (SSSR count). The van der Waals surface area contributed by atoms with Crippen LogP contribution < -0.4 is 4.74 Å². The van der Waals surface area contributed by atoms with Crippen molar-refractivity contribution in [3.63, 3.8) is 0 Å². The van der Waals surface area contributed by atoms with Crippen LogP contribution in [0.4, 0.5) is 13.2 Å². The van der Waals surface area contributed by atoms with Gasteiger partial charge in [-0.15, -0.1) is 0 Å². The maximum atomic E-state index is 13.0. The predicted octanol–water partition coefficient (Wildman–Crippen LogP) is 3.38. The van der Waals surface area contributed by atoms with E-state index in [-0.39, 0.29) is 5.75 Å². The van der Waals surface area contributed by atoms with Gasteiger partial charge in [0, 0.05) is 6.92 Å². The van der Waals surface area contributed by atoms with Crippen molar-refractivity contribution in [2.24, 2.45) is 0 Å². The van der Waals surface area contributed by atoms with Crippen molar-refractivity contribution in [3.05, 3.63) is 29.6 Å². The predicted molar refractivity (Wildman–Crippen MR) is 47.0 cm³/mol. The Kier molecular flexibility index (Phi) is 3.03. The van der Waals surface area contributed by atoms with E-state index >= 15 is 0 Å². The number of halogens is 3. The molecule has 0 atom stereocenters. The van der Waals surface area contributed by atoms with E-state index in [2.05, 4.69) is 4.74 Å². The highest BCUT2D eigenvalue weighted by atomic mass is 19.3. The summed E-state index contributed by atoms with van der Waals surface area (Å²) in [6, 6.07) is 3.60. The lowest BCUT2D eigenvalue weighted by molar-refractivity contribution is -0.159. The van der Waals surface area contributed by atoms with Gasteiger partial charge < -0.3 is 4.74 Å². The molecule has 14 heavy (non-hydrogen) atoms. The van der Waals surface area contributed by atoms with Gasteiger partial charge in [0.15, 0.2) is 0 Å². The first-order valence-corrected chi connectivity index (χ1v) is 4.27. The number of ether oxygens (including phenoxy) is 1. The standard InChI is InChI=1S/C10H11F3O/c1-3-7-6-8(4-5-9(7)11)14-10(2,12)13/h4-6H,3H2,1-2H3. The van der Waals surface area contributed by atoms with Crippen LogP contribution in [-0.4, -0.2) is 6.11 Å². The summed E-state index contributed by atoms with van der Waals surface area (Å²) >= 11 is 0. The maximum absolute atomic E-state index is 13.0. The molecule has 0 aliphatic heterocycles. The minimum absolute atomic E-state index is 0.0178. The molecule has 0 aliphatic carbocycles. The van der Waals surface area contributed by atoms with Gasteiger partial charge in [0.2, 0.25) is 0 Å². The van der Waals surface area contributed by atoms with Crippen molar-refractivity contribution in [1.29, 1.82) is 0 Å². The Hall–Kier alpha value is -1.19. The van der Waals surface area contributed by atoms with Crippen LogP contribution >= 0.6 is 0 Å². The van der Waals surface area contributed by atoms with Crippen LogP contribution in [0.25, 0.3) is 0 Å². The molecule has 0 saturated carbocycles. The number of aryl methyl sites for hydroxylation is 1. The Labute approximate surface area is 80.5 Å². The zero-order chi connectivity index (χ0) is 10.8. The van der Waals surface area contributed by atoms with Crippen LogP contribution in [0.1, 0.15) is 19.4 Å². The molecule has 78 valence electrons. The van der Waals surface area contributed by atoms with E-state index in [1.807, 2.05) is 0 Å². The van der Waals surface area contributed by atoms with Crippen LogP contribution in [0, 0.1) is 5.82 Å². The highest BCUT2D eigenvalue weighted by Gasteiger charge is 2.23. The lowest BCUT2D eigenvalue weighted by Gasteiger charge is -2.13. The fourth-order valence-corrected chi connectivity index (χ4v) is 1.09. The van der Waals surface area contributed by atoms with E-state index < -0.39 is 11.9 Å². The van der Waals surface area contributed by atoms with Crippen molar-refractivity contribution in [2.45, 2.75) is 26.4 Å². The largest absolute Gasteiger partial charge is 0.433 e. The summed E-state index contributed by atoms with van der Waals surface area (Å²) in [6.45, 7) is 2.38. The number of hydrogen-bond donors (Lipinski definition) is 0. The number of rotatable bonds is 3. The van der Waals surface area contributed by atoms with E-state index in [9.17, 15) is 13.2 Å². The first kappa shape index (κ1) is 10.9. The molecule has 0 heterocycles. The molecule has 0 amide bonds. The Morgan fingerprint density at radius 2 is 2.00 bits per heavy atom. The Balaban J connectivity index is 2.90. The second kappa shape index (κ2) is 3.90. The second-order valence-electron chi connectivity index (χ2n) is 3.02. The van der Waals surface area contributed by atoms with Gasteiger partial charge in [-0.25, -0.2) is 4.39 Å². The Bertz CT molecular complexity index is 318. The smallest absolute Gasteiger partial charge is 0.394 e. The molecular formula is C10H11F3O. The van der Waals surface area contributed by atoms with E-state index in [4.69, 9.17) is 0 Å². The van der Waals surface area contributed by atoms with Gasteiger partial charge in [-0.05, 0) is 30.2 Å². The highest BCUT2D eigenvalue weighted by molar-refractivity contribution is 5.30. The third-order valence-electron chi connectivity index (χ3n) is 1.70. The zero-order valence-electron chi connectivity index (χ0n) is 7.98. The van der Waals surface area contributed by atoms with E-state index in [1.54, 1.807) is 6.92 Å². The molecule has 0 aliphatic rings. The zero-order valence-corrected chi connectivity index (χ0v) is 7.98. The summed E-state index contributed by atoms with van der Waals surface area (Å²) in [5.41, 5.74) is 0.367. The molecule has 0 N–H and O–H groups in total. The van der Waals surface area contributed by atoms with Crippen molar-refractivity contribution in [3.8, 4) is 5.75 Å². The molecule has 1 aromatic rings. The molecular weight excluding hydrogens is 193 g/mol.